The van der Waals surface area contributed by atoms with Gasteiger partial charge in [-0.2, -0.15) is 4.68 Å². The second kappa shape index (κ2) is 8.18. The molecule has 0 aliphatic rings. The van der Waals surface area contributed by atoms with Gasteiger partial charge in [0, 0.05) is 23.6 Å². The van der Waals surface area contributed by atoms with Gasteiger partial charge < -0.3 is 19.1 Å². The average molecular weight is 424 g/mol. The number of furan rings is 1. The molecule has 0 spiro atoms. The van der Waals surface area contributed by atoms with E-state index >= 15 is 0 Å². The van der Waals surface area contributed by atoms with E-state index in [4.69, 9.17) is 16.0 Å². The molecule has 0 atom stereocenters. The minimum Gasteiger partial charge on any atom is -0.460 e. The van der Waals surface area contributed by atoms with Gasteiger partial charge in [0.1, 0.15) is 18.1 Å². The smallest absolute Gasteiger partial charge is 0.408 e. The van der Waals surface area contributed by atoms with E-state index in [1.807, 2.05) is 22.9 Å². The number of benzene rings is 1. The molecular weight excluding hydrogens is 410 g/mol. The molecule has 9 nitrogen and oxygen atoms in total. The summed E-state index contributed by atoms with van der Waals surface area (Å²) in [5.74, 6) is 0.412. The zero-order chi connectivity index (χ0) is 21.1. The Morgan fingerprint density at radius 3 is 2.70 bits per heavy atom. The van der Waals surface area contributed by atoms with E-state index in [2.05, 4.69) is 10.1 Å². The van der Waals surface area contributed by atoms with Crippen LogP contribution in [0.25, 0.3) is 11.8 Å². The minimum absolute atomic E-state index is 0.0451. The topological polar surface area (TPSA) is 109 Å². The van der Waals surface area contributed by atoms with E-state index in [9.17, 15) is 14.9 Å². The number of nitro groups is 1. The van der Waals surface area contributed by atoms with Crippen LogP contribution in [0.15, 0.2) is 71.8 Å². The fraction of sp³-hybridized carbons (Fsp3) is 0.0500. The molecule has 0 bridgehead atoms. The van der Waals surface area contributed by atoms with Crippen molar-refractivity contribution in [3.8, 4) is 5.69 Å². The Bertz CT molecular complexity index is 1220. The van der Waals surface area contributed by atoms with Gasteiger partial charge in [-0.15, -0.1) is 0 Å². The molecule has 30 heavy (non-hydrogen) atoms. The van der Waals surface area contributed by atoms with Crippen LogP contribution in [0.4, 0.5) is 5.82 Å². The molecule has 0 aliphatic carbocycles. The van der Waals surface area contributed by atoms with E-state index < -0.39 is 10.7 Å². The third-order valence-electron chi connectivity index (χ3n) is 4.23. The highest BCUT2D eigenvalue weighted by atomic mass is 35.5. The number of hydrogen-bond acceptors (Lipinski definition) is 6. The molecule has 10 heteroatoms. The molecule has 0 fully saturated rings. The van der Waals surface area contributed by atoms with Crippen molar-refractivity contribution < 1.29 is 14.1 Å². The van der Waals surface area contributed by atoms with Crippen LogP contribution < -0.4 is 0 Å². The van der Waals surface area contributed by atoms with Crippen LogP contribution >= 0.6 is 11.6 Å². The normalized spacial score (nSPS) is 11.2. The summed E-state index contributed by atoms with van der Waals surface area (Å²) in [4.78, 5) is 26.5. The Morgan fingerprint density at radius 1 is 1.23 bits per heavy atom. The van der Waals surface area contributed by atoms with E-state index in [1.54, 1.807) is 42.9 Å². The van der Waals surface area contributed by atoms with Crippen molar-refractivity contribution in [1.29, 1.82) is 0 Å². The fourth-order valence-electron chi connectivity index (χ4n) is 2.78. The van der Waals surface area contributed by atoms with Crippen molar-refractivity contribution in [2.45, 2.75) is 6.54 Å². The van der Waals surface area contributed by atoms with Crippen LogP contribution in [0.5, 0.6) is 0 Å². The van der Waals surface area contributed by atoms with Crippen LogP contribution in [-0.2, 0) is 6.54 Å². The summed E-state index contributed by atoms with van der Waals surface area (Å²) in [6.07, 6.45) is 9.52. The van der Waals surface area contributed by atoms with Gasteiger partial charge in [-0.05, 0) is 53.5 Å². The Labute approximate surface area is 175 Å². The Kier molecular flexibility index (Phi) is 5.27. The van der Waals surface area contributed by atoms with Crippen LogP contribution in [0.1, 0.15) is 21.9 Å². The molecule has 4 rings (SSSR count). The number of halogens is 1. The first kappa shape index (κ1) is 19.3. The second-order valence-corrected chi connectivity index (χ2v) is 6.68. The lowest BCUT2D eigenvalue weighted by Crippen LogP contribution is -2.00. The lowest BCUT2D eigenvalue weighted by atomic mass is 10.1. The number of carbonyl (C=O) groups excluding carboxylic acids is 1. The summed E-state index contributed by atoms with van der Waals surface area (Å²) in [6, 6.07) is 10.5. The summed E-state index contributed by atoms with van der Waals surface area (Å²) in [5.41, 5.74) is 1.45. The minimum atomic E-state index is -0.650. The lowest BCUT2D eigenvalue weighted by molar-refractivity contribution is -0.389. The number of rotatable bonds is 7. The van der Waals surface area contributed by atoms with E-state index in [0.717, 1.165) is 5.69 Å². The molecule has 4 aromatic rings. The van der Waals surface area contributed by atoms with Crippen molar-refractivity contribution in [3.05, 3.63) is 99.6 Å². The Morgan fingerprint density at radius 2 is 2.03 bits per heavy atom. The van der Waals surface area contributed by atoms with Crippen LogP contribution in [-0.4, -0.2) is 30.0 Å². The molecule has 150 valence electrons. The Balaban J connectivity index is 1.41. The highest BCUT2D eigenvalue weighted by molar-refractivity contribution is 6.32. The number of ketones is 1. The summed E-state index contributed by atoms with van der Waals surface area (Å²) in [5, 5.41) is 14.6. The molecule has 0 N–H and O–H groups in total. The number of hydrogen-bond donors (Lipinski definition) is 0. The molecule has 0 saturated heterocycles. The summed E-state index contributed by atoms with van der Waals surface area (Å²) >= 11 is 5.78. The predicted octanol–water partition coefficient (Wildman–Crippen LogP) is 4.17. The predicted molar refractivity (Wildman–Crippen MR) is 109 cm³/mol. The average Bonchev–Trinajstić information content (AvgIpc) is 3.48. The van der Waals surface area contributed by atoms with E-state index in [1.165, 1.54) is 17.0 Å². The number of imidazole rings is 1. The number of nitrogens with zero attached hydrogens (tertiary/aromatic N) is 5. The van der Waals surface area contributed by atoms with Crippen LogP contribution in [0.2, 0.25) is 5.02 Å². The van der Waals surface area contributed by atoms with Gasteiger partial charge in [0.2, 0.25) is 0 Å². The van der Waals surface area contributed by atoms with Gasteiger partial charge in [0.25, 0.3) is 0 Å². The van der Waals surface area contributed by atoms with Crippen molar-refractivity contribution in [2.24, 2.45) is 0 Å². The Hall–Kier alpha value is -3.98. The van der Waals surface area contributed by atoms with Crippen molar-refractivity contribution >= 4 is 29.3 Å². The maximum Gasteiger partial charge on any atom is 0.408 e. The third kappa shape index (κ3) is 4.20. The largest absolute Gasteiger partial charge is 0.460 e. The van der Waals surface area contributed by atoms with Crippen LogP contribution in [0.3, 0.4) is 0 Å². The van der Waals surface area contributed by atoms with Gasteiger partial charge in [-0.3, -0.25) is 4.79 Å². The molecule has 1 aromatic carbocycles. The first-order valence-electron chi connectivity index (χ1n) is 8.76. The highest BCUT2D eigenvalue weighted by Gasteiger charge is 2.19. The molecule has 0 aliphatic heterocycles. The molecule has 0 amide bonds. The van der Waals surface area contributed by atoms with E-state index in [0.29, 0.717) is 17.1 Å². The van der Waals surface area contributed by atoms with Gasteiger partial charge in [-0.1, -0.05) is 11.6 Å². The summed E-state index contributed by atoms with van der Waals surface area (Å²) in [7, 11) is 0. The van der Waals surface area contributed by atoms with Gasteiger partial charge >= 0.3 is 5.82 Å². The monoisotopic (exact) mass is 423 g/mol. The summed E-state index contributed by atoms with van der Waals surface area (Å²) < 4.78 is 8.79. The standard InChI is InChI=1S/C20H14ClN5O4/c21-18-12-25(23-20(18)26(28)29)11-17-6-5-16(30-17)7-8-19(27)14-1-3-15(4-2-14)24-10-9-22-13-24/h1-10,12-13H,11H2/b8-7+. The molecular formula is C20H14ClN5O4. The van der Waals surface area contributed by atoms with Crippen LogP contribution in [0, 0.1) is 10.1 Å². The first-order valence-corrected chi connectivity index (χ1v) is 9.14. The zero-order valence-corrected chi connectivity index (χ0v) is 16.1. The lowest BCUT2D eigenvalue weighted by Gasteiger charge is -2.02. The second-order valence-electron chi connectivity index (χ2n) is 6.27. The fourth-order valence-corrected chi connectivity index (χ4v) is 3.00. The van der Waals surface area contributed by atoms with Gasteiger partial charge in [-0.25, -0.2) is 4.98 Å². The van der Waals surface area contributed by atoms with Crippen molar-refractivity contribution in [2.75, 3.05) is 0 Å². The number of carbonyl (C=O) groups is 1. The van der Waals surface area contributed by atoms with Crippen molar-refractivity contribution in [3.63, 3.8) is 0 Å². The quantitative estimate of drug-likeness (QED) is 0.191. The van der Waals surface area contributed by atoms with Gasteiger partial charge in [0.15, 0.2) is 10.8 Å². The number of aromatic nitrogens is 4. The SMILES string of the molecule is O=C(/C=C/c1ccc(Cn2cc(Cl)c([N+](=O)[O-])n2)o1)c1ccc(-n2ccnc2)cc1. The maximum absolute atomic E-state index is 12.4. The molecule has 0 unspecified atom stereocenters. The highest BCUT2D eigenvalue weighted by Crippen LogP contribution is 2.22. The maximum atomic E-state index is 12.4. The van der Waals surface area contributed by atoms with Gasteiger partial charge in [0.05, 0.1) is 17.6 Å². The van der Waals surface area contributed by atoms with Crippen molar-refractivity contribution in [1.82, 2.24) is 19.3 Å². The zero-order valence-electron chi connectivity index (χ0n) is 15.4. The third-order valence-corrected chi connectivity index (χ3v) is 4.49. The first-order chi connectivity index (χ1) is 14.5. The molecule has 3 heterocycles. The summed E-state index contributed by atoms with van der Waals surface area (Å²) in [6.45, 7) is 0.172. The molecule has 0 saturated carbocycles. The van der Waals surface area contributed by atoms with E-state index in [-0.39, 0.29) is 17.4 Å². The number of allylic oxidation sites excluding steroid dienone is 1. The molecule has 0 radical (unpaired) electrons. The molecule has 3 aromatic heterocycles.